The van der Waals surface area contributed by atoms with Crippen LogP contribution in [0.2, 0.25) is 0 Å². The van der Waals surface area contributed by atoms with Gasteiger partial charge < -0.3 is 40.1 Å². The van der Waals surface area contributed by atoms with Crippen LogP contribution in [-0.4, -0.2) is 124 Å². The Morgan fingerprint density at radius 3 is 1.26 bits per heavy atom. The molecule has 4 aromatic rings. The summed E-state index contributed by atoms with van der Waals surface area (Å²) >= 11 is 0. The van der Waals surface area contributed by atoms with Gasteiger partial charge in [0.15, 0.2) is 22.8 Å². The number of fused-ring (bicyclic) bond motifs is 10. The number of carbonyl (C=O) groups is 4. The predicted octanol–water partition coefficient (Wildman–Crippen LogP) is 7.68. The molecule has 4 aliphatic heterocycles. The first-order valence-electron chi connectivity index (χ1n) is 30.5. The Morgan fingerprint density at radius 1 is 0.524 bits per heavy atom. The molecule has 5 N–H and O–H groups in total. The zero-order valence-corrected chi connectivity index (χ0v) is 47.9. The lowest BCUT2D eigenvalue weighted by atomic mass is 9.68. The number of carbonyl (C=O) groups excluding carboxylic acids is 3. The van der Waals surface area contributed by atoms with Crippen LogP contribution < -0.4 is 22.6 Å². The zero-order chi connectivity index (χ0) is 57.4. The minimum absolute atomic E-state index is 0.0365. The number of benzene rings is 2. The molecule has 2 aromatic carbocycles. The van der Waals surface area contributed by atoms with Crippen molar-refractivity contribution in [2.24, 2.45) is 45.5 Å². The molecule has 8 bridgehead atoms. The fourth-order valence-corrected chi connectivity index (χ4v) is 16.7. The number of aliphatic carboxylic acids is 1. The highest BCUT2D eigenvalue weighted by atomic mass is 16.7. The summed E-state index contributed by atoms with van der Waals surface area (Å²) in [6.07, 6.45) is 26.9. The summed E-state index contributed by atoms with van der Waals surface area (Å²) < 4.78 is 8.85. The van der Waals surface area contributed by atoms with Gasteiger partial charge in [-0.1, -0.05) is 85.9 Å². The number of carboxylic acid groups (broad SMARTS) is 1. The van der Waals surface area contributed by atoms with Crippen LogP contribution in [0.15, 0.2) is 68.4 Å². The van der Waals surface area contributed by atoms with Gasteiger partial charge >= 0.3 is 11.9 Å². The molecule has 10 atom stereocenters. The van der Waals surface area contributed by atoms with E-state index in [9.17, 15) is 28.8 Å². The fourth-order valence-electron chi connectivity index (χ4n) is 16.7. The first kappa shape index (κ1) is 57.3. The van der Waals surface area contributed by atoms with Crippen molar-refractivity contribution in [3.05, 3.63) is 80.6 Å². The molecular formula is C62H82N10O10. The third-order valence-corrected chi connectivity index (χ3v) is 19.4. The molecule has 2 amide bonds. The molecule has 4 saturated heterocycles. The van der Waals surface area contributed by atoms with Crippen molar-refractivity contribution in [3.8, 4) is 0 Å². The molecular weight excluding hydrogens is 1040 g/mol. The molecule has 4 saturated carbocycles. The van der Waals surface area contributed by atoms with E-state index >= 15 is 0 Å². The number of esters is 1. The molecule has 12 rings (SSSR count). The number of amides is 2. The third-order valence-electron chi connectivity index (χ3n) is 19.4. The Balaban J connectivity index is 0.000000173. The van der Waals surface area contributed by atoms with Gasteiger partial charge in [0.2, 0.25) is 13.2 Å². The summed E-state index contributed by atoms with van der Waals surface area (Å²) in [5.41, 5.74) is 11.0. The second-order valence-electron chi connectivity index (χ2n) is 26.1. The van der Waals surface area contributed by atoms with Gasteiger partial charge in [-0.3, -0.25) is 29.0 Å². The highest BCUT2D eigenvalue weighted by Crippen LogP contribution is 2.49. The quantitative estimate of drug-likeness (QED) is 0.0621. The van der Waals surface area contributed by atoms with Crippen molar-refractivity contribution >= 4 is 57.2 Å². The monoisotopic (exact) mass is 1130 g/mol. The van der Waals surface area contributed by atoms with E-state index in [2.05, 4.69) is 30.1 Å². The van der Waals surface area contributed by atoms with Crippen LogP contribution >= 0.6 is 0 Å². The standard InChI is InChI=1S/C33H45N5O5.C29H37N5O5/c1-33(2,3)43-28(39)19-42-36-29(31(34)40)30-32(41)38(27-13-5-4-12-26(27)35-30)25-17-22-10-7-11-23(18-25)37(22)24-15-20-8-6-9-21(14-20)16-24;30-28(37)26(32-39-16-25(35)36)27-29(38)34(24-10-2-1-9-23(24)31-27)22-14-19-7-4-8-20(15-22)33(19)21-12-17-5-3-6-18(11-17)13-21/h4-5,12-13,20-25H,6-11,14-19H2,1-3H3,(H2,34,40);1-2,9-10,17-22H,3-8,11-16H2,(H2,30,37)(H,35,36)/b36-29-;32-26-/t20?,21?,22-,23+,24?,25?;17?,18?,19-,20+,21?,22?. The zero-order valence-electron chi connectivity index (χ0n) is 47.9. The van der Waals surface area contributed by atoms with Crippen LogP contribution in [-0.2, 0) is 33.6 Å². The highest BCUT2D eigenvalue weighted by molar-refractivity contribution is 6.44. The van der Waals surface area contributed by atoms with Gasteiger partial charge in [-0.15, -0.1) is 0 Å². The van der Waals surface area contributed by atoms with Crippen LogP contribution in [0.4, 0.5) is 0 Å². The number of oxime groups is 2. The number of hydrogen-bond acceptors (Lipinski definition) is 15. The summed E-state index contributed by atoms with van der Waals surface area (Å²) in [5.74, 6) is -0.388. The number of carboxylic acids is 1. The molecule has 8 fully saturated rings. The van der Waals surface area contributed by atoms with Crippen LogP contribution in [0.5, 0.6) is 0 Å². The fraction of sp³-hybridized carbons (Fsp3) is 0.645. The van der Waals surface area contributed by atoms with Crippen molar-refractivity contribution in [2.75, 3.05) is 13.2 Å². The molecule has 20 nitrogen and oxygen atoms in total. The highest BCUT2D eigenvalue weighted by Gasteiger charge is 2.48. The number of piperidine rings is 4. The molecule has 8 aliphatic rings. The lowest BCUT2D eigenvalue weighted by molar-refractivity contribution is -0.160. The lowest BCUT2D eigenvalue weighted by Gasteiger charge is -2.55. The van der Waals surface area contributed by atoms with Gasteiger partial charge in [-0.05, 0) is 159 Å². The molecule has 6 unspecified atom stereocenters. The molecule has 0 spiro atoms. The average molecular weight is 1130 g/mol. The minimum atomic E-state index is -1.26. The third kappa shape index (κ3) is 12.4. The molecule has 4 aliphatic carbocycles. The summed E-state index contributed by atoms with van der Waals surface area (Å²) in [7, 11) is 0. The second-order valence-corrected chi connectivity index (χ2v) is 26.1. The Kier molecular flexibility index (Phi) is 17.0. The van der Waals surface area contributed by atoms with Crippen LogP contribution in [0.1, 0.15) is 186 Å². The lowest BCUT2D eigenvalue weighted by Crippen LogP contribution is -2.58. The van der Waals surface area contributed by atoms with E-state index in [1.165, 1.54) is 89.9 Å². The number of para-hydroxylation sites is 4. The van der Waals surface area contributed by atoms with Crippen LogP contribution in [0.3, 0.4) is 0 Å². The van der Waals surface area contributed by atoms with Crippen molar-refractivity contribution in [3.63, 3.8) is 0 Å². The first-order chi connectivity index (χ1) is 39.5. The van der Waals surface area contributed by atoms with E-state index in [1.807, 2.05) is 47.0 Å². The van der Waals surface area contributed by atoms with Crippen molar-refractivity contribution in [1.82, 2.24) is 28.9 Å². The van der Waals surface area contributed by atoms with Crippen molar-refractivity contribution in [1.29, 1.82) is 0 Å². The molecule has 0 radical (unpaired) electrons. The van der Waals surface area contributed by atoms with Gasteiger partial charge in [-0.25, -0.2) is 19.6 Å². The number of ether oxygens (including phenoxy) is 1. The minimum Gasteiger partial charge on any atom is -0.479 e. The smallest absolute Gasteiger partial charge is 0.347 e. The van der Waals surface area contributed by atoms with Crippen LogP contribution in [0, 0.1) is 23.7 Å². The Labute approximate surface area is 478 Å². The average Bonchev–Trinajstić information content (AvgIpc) is 3.55. The first-order valence-corrected chi connectivity index (χ1v) is 30.5. The van der Waals surface area contributed by atoms with Gasteiger partial charge in [0.25, 0.3) is 22.9 Å². The van der Waals surface area contributed by atoms with E-state index in [0.29, 0.717) is 52.8 Å². The van der Waals surface area contributed by atoms with Crippen molar-refractivity contribution in [2.45, 2.75) is 216 Å². The Bertz CT molecular complexity index is 3190. The summed E-state index contributed by atoms with van der Waals surface area (Å²) in [5, 5.41) is 16.3. The van der Waals surface area contributed by atoms with E-state index < -0.39 is 65.1 Å². The maximum atomic E-state index is 14.2. The van der Waals surface area contributed by atoms with E-state index in [1.54, 1.807) is 31.4 Å². The normalized spacial score (nSPS) is 30.4. The van der Waals surface area contributed by atoms with Gasteiger partial charge in [0, 0.05) is 48.3 Å². The summed E-state index contributed by atoms with van der Waals surface area (Å²) in [6.45, 7) is 3.93. The molecule has 2 aromatic heterocycles. The van der Waals surface area contributed by atoms with Crippen LogP contribution in [0.25, 0.3) is 22.1 Å². The number of rotatable bonds is 14. The van der Waals surface area contributed by atoms with E-state index in [0.717, 1.165) is 80.6 Å². The summed E-state index contributed by atoms with van der Waals surface area (Å²) in [4.78, 5) is 101. The SMILES string of the molecule is CC(C)(C)OC(=O)CO/N=C(\C(N)=O)c1nc2ccccc2n(C2C[C@H]3CCC[C@@H](C2)N3C2CC3CCCC(C3)C2)c1=O.NC(=O)/C(=N\OCC(=O)O)c1nc2ccccc2n(C2C[C@H]3CCC[C@@H](C2)N3C2CC3CCCC(C3)C2)c1=O. The molecule has 82 heavy (non-hydrogen) atoms. The van der Waals surface area contributed by atoms with E-state index in [-0.39, 0.29) is 23.5 Å². The van der Waals surface area contributed by atoms with E-state index in [4.69, 9.17) is 31.0 Å². The van der Waals surface area contributed by atoms with Gasteiger partial charge in [0.05, 0.1) is 22.1 Å². The maximum absolute atomic E-state index is 14.2. The molecule has 6 heterocycles. The Morgan fingerprint density at radius 2 is 0.890 bits per heavy atom. The molecule has 20 heteroatoms. The topological polar surface area (TPSA) is 269 Å². The number of aromatic nitrogens is 4. The number of hydrogen-bond donors (Lipinski definition) is 3. The number of primary amides is 2. The Hall–Kier alpha value is -6.54. The van der Waals surface area contributed by atoms with Crippen molar-refractivity contribution < 1.29 is 38.7 Å². The largest absolute Gasteiger partial charge is 0.479 e. The van der Waals surface area contributed by atoms with Gasteiger partial charge in [-0.2, -0.15) is 0 Å². The number of nitrogens with two attached hydrogens (primary N) is 2. The second kappa shape index (κ2) is 24.3. The maximum Gasteiger partial charge on any atom is 0.347 e. The summed E-state index contributed by atoms with van der Waals surface area (Å²) in [6, 6.07) is 17.8. The number of nitrogens with zero attached hydrogens (tertiary/aromatic N) is 8. The predicted molar refractivity (Wildman–Crippen MR) is 309 cm³/mol. The van der Waals surface area contributed by atoms with Gasteiger partial charge in [0.1, 0.15) is 5.60 Å². The molecule has 440 valence electrons.